The van der Waals surface area contributed by atoms with Crippen LogP contribution in [0, 0.1) is 13.8 Å². The number of aliphatic hydroxyl groups excluding tert-OH is 1. The molecular weight excluding hydrogens is 376 g/mol. The summed E-state index contributed by atoms with van der Waals surface area (Å²) in [7, 11) is -3.59. The van der Waals surface area contributed by atoms with Gasteiger partial charge in [0.2, 0.25) is 10.0 Å². The highest BCUT2D eigenvalue weighted by molar-refractivity contribution is 8.01. The molecule has 0 spiro atoms. The van der Waals surface area contributed by atoms with Gasteiger partial charge in [-0.25, -0.2) is 13.4 Å². The van der Waals surface area contributed by atoms with Gasteiger partial charge in [-0.05, 0) is 50.5 Å². The van der Waals surface area contributed by atoms with E-state index >= 15 is 0 Å². The van der Waals surface area contributed by atoms with Crippen LogP contribution in [0.4, 0.5) is 5.69 Å². The van der Waals surface area contributed by atoms with Gasteiger partial charge in [0.15, 0.2) is 4.34 Å². The second-order valence-electron chi connectivity index (χ2n) is 6.37. The SMILES string of the molecule is Cc1csc(Sc2ccc(NS(=O)(=O)C3CCCCC3O)c(C)c2)n1. The van der Waals surface area contributed by atoms with Crippen molar-refractivity contribution in [2.45, 2.75) is 60.1 Å². The summed E-state index contributed by atoms with van der Waals surface area (Å²) in [6.45, 7) is 3.84. The van der Waals surface area contributed by atoms with Crippen LogP contribution in [0.1, 0.15) is 36.9 Å². The predicted octanol–water partition coefficient (Wildman–Crippen LogP) is 3.96. The van der Waals surface area contributed by atoms with Gasteiger partial charge in [-0.3, -0.25) is 4.72 Å². The Kier molecular flexibility index (Phi) is 5.72. The van der Waals surface area contributed by atoms with Gasteiger partial charge in [-0.1, -0.05) is 24.6 Å². The van der Waals surface area contributed by atoms with Gasteiger partial charge in [0, 0.05) is 16.0 Å². The summed E-state index contributed by atoms with van der Waals surface area (Å²) in [5, 5.41) is 11.3. The number of rotatable bonds is 5. The van der Waals surface area contributed by atoms with Gasteiger partial charge >= 0.3 is 0 Å². The number of aromatic nitrogens is 1. The summed E-state index contributed by atoms with van der Waals surface area (Å²) in [5.41, 5.74) is 2.42. The van der Waals surface area contributed by atoms with Crippen molar-refractivity contribution in [3.63, 3.8) is 0 Å². The molecule has 5 nitrogen and oxygen atoms in total. The molecule has 0 aliphatic heterocycles. The first-order valence-electron chi connectivity index (χ1n) is 8.25. The first-order valence-corrected chi connectivity index (χ1v) is 11.5. The highest BCUT2D eigenvalue weighted by Crippen LogP contribution is 2.33. The third-order valence-electron chi connectivity index (χ3n) is 4.32. The van der Waals surface area contributed by atoms with E-state index in [0.717, 1.165) is 33.3 Å². The number of anilines is 1. The molecule has 2 atom stereocenters. The van der Waals surface area contributed by atoms with Crippen molar-refractivity contribution in [3.05, 3.63) is 34.8 Å². The highest BCUT2D eigenvalue weighted by Gasteiger charge is 2.34. The minimum atomic E-state index is -3.59. The topological polar surface area (TPSA) is 79.3 Å². The number of benzene rings is 1. The molecule has 1 aromatic carbocycles. The summed E-state index contributed by atoms with van der Waals surface area (Å²) >= 11 is 3.16. The lowest BCUT2D eigenvalue weighted by Gasteiger charge is -2.27. The molecule has 3 rings (SSSR count). The van der Waals surface area contributed by atoms with E-state index in [1.807, 2.05) is 31.4 Å². The zero-order chi connectivity index (χ0) is 18.0. The third-order valence-corrected chi connectivity index (χ3v) is 8.22. The molecule has 1 saturated carbocycles. The molecule has 0 bridgehead atoms. The average Bonchev–Trinajstić information content (AvgIpc) is 2.95. The number of thiazole rings is 1. The Morgan fingerprint density at radius 2 is 2.04 bits per heavy atom. The van der Waals surface area contributed by atoms with E-state index in [-0.39, 0.29) is 0 Å². The average molecular weight is 399 g/mol. The Morgan fingerprint density at radius 1 is 1.28 bits per heavy atom. The molecule has 136 valence electrons. The lowest BCUT2D eigenvalue weighted by atomic mass is 9.97. The van der Waals surface area contributed by atoms with Crippen LogP contribution in [-0.4, -0.2) is 29.9 Å². The molecule has 0 amide bonds. The molecule has 1 aliphatic carbocycles. The number of hydrogen-bond donors (Lipinski definition) is 2. The Bertz CT molecular complexity index is 849. The van der Waals surface area contributed by atoms with Crippen molar-refractivity contribution >= 4 is 38.8 Å². The maximum absolute atomic E-state index is 12.6. The van der Waals surface area contributed by atoms with Crippen molar-refractivity contribution in [2.24, 2.45) is 0 Å². The molecule has 1 fully saturated rings. The summed E-state index contributed by atoms with van der Waals surface area (Å²) in [6.07, 6.45) is 1.99. The van der Waals surface area contributed by atoms with Crippen LogP contribution in [0.15, 0.2) is 32.8 Å². The van der Waals surface area contributed by atoms with Crippen molar-refractivity contribution in [2.75, 3.05) is 4.72 Å². The second-order valence-corrected chi connectivity index (χ2v) is 10.4. The number of nitrogens with one attached hydrogen (secondary N) is 1. The minimum Gasteiger partial charge on any atom is -0.392 e. The number of hydrogen-bond acceptors (Lipinski definition) is 6. The minimum absolute atomic E-state index is 0.507. The fraction of sp³-hybridized carbons (Fsp3) is 0.471. The van der Waals surface area contributed by atoms with Crippen LogP contribution in [-0.2, 0) is 10.0 Å². The fourth-order valence-electron chi connectivity index (χ4n) is 2.96. The van der Waals surface area contributed by atoms with Crippen LogP contribution >= 0.6 is 23.1 Å². The number of aliphatic hydroxyl groups is 1. The Morgan fingerprint density at radius 3 is 2.68 bits per heavy atom. The van der Waals surface area contributed by atoms with E-state index in [1.165, 1.54) is 0 Å². The largest absolute Gasteiger partial charge is 0.392 e. The van der Waals surface area contributed by atoms with Crippen LogP contribution in [0.5, 0.6) is 0 Å². The number of nitrogens with zero attached hydrogens (tertiary/aromatic N) is 1. The maximum Gasteiger partial charge on any atom is 0.238 e. The van der Waals surface area contributed by atoms with Gasteiger partial charge in [-0.15, -0.1) is 11.3 Å². The molecule has 1 heterocycles. The van der Waals surface area contributed by atoms with E-state index in [2.05, 4.69) is 9.71 Å². The molecule has 1 aliphatic rings. The second kappa shape index (κ2) is 7.65. The van der Waals surface area contributed by atoms with Crippen LogP contribution in [0.3, 0.4) is 0 Å². The summed E-state index contributed by atoms with van der Waals surface area (Å²) in [6, 6.07) is 5.63. The Labute approximate surface area is 156 Å². The molecule has 1 aromatic heterocycles. The standard InChI is InChI=1S/C17H22N2O3S3/c1-11-9-13(24-17-18-12(2)10-23-17)7-8-14(11)19-25(21,22)16-6-4-3-5-15(16)20/h7-10,15-16,19-20H,3-6H2,1-2H3. The lowest BCUT2D eigenvalue weighted by Crippen LogP contribution is -2.40. The van der Waals surface area contributed by atoms with Crippen LogP contribution in [0.2, 0.25) is 0 Å². The van der Waals surface area contributed by atoms with E-state index in [9.17, 15) is 13.5 Å². The monoisotopic (exact) mass is 398 g/mol. The van der Waals surface area contributed by atoms with Gasteiger partial charge in [-0.2, -0.15) is 0 Å². The Hall–Kier alpha value is -1.09. The first kappa shape index (κ1) is 18.7. The summed E-state index contributed by atoms with van der Waals surface area (Å²) in [5.74, 6) is 0. The molecule has 25 heavy (non-hydrogen) atoms. The van der Waals surface area contributed by atoms with E-state index in [4.69, 9.17) is 0 Å². The van der Waals surface area contributed by atoms with Gasteiger partial charge < -0.3 is 5.11 Å². The van der Waals surface area contributed by atoms with E-state index < -0.39 is 21.4 Å². The highest BCUT2D eigenvalue weighted by atomic mass is 32.2. The zero-order valence-electron chi connectivity index (χ0n) is 14.2. The summed E-state index contributed by atoms with van der Waals surface area (Å²) < 4.78 is 28.9. The van der Waals surface area contributed by atoms with E-state index in [1.54, 1.807) is 29.2 Å². The van der Waals surface area contributed by atoms with Crippen LogP contribution < -0.4 is 4.72 Å². The van der Waals surface area contributed by atoms with Gasteiger partial charge in [0.05, 0.1) is 11.8 Å². The smallest absolute Gasteiger partial charge is 0.238 e. The van der Waals surface area contributed by atoms with Crippen molar-refractivity contribution in [1.29, 1.82) is 0 Å². The van der Waals surface area contributed by atoms with Crippen LogP contribution in [0.25, 0.3) is 0 Å². The molecule has 2 N–H and O–H groups in total. The van der Waals surface area contributed by atoms with Gasteiger partial charge in [0.1, 0.15) is 5.25 Å². The molecule has 8 heteroatoms. The third kappa shape index (κ3) is 4.55. The number of aryl methyl sites for hydroxylation is 2. The summed E-state index contributed by atoms with van der Waals surface area (Å²) in [4.78, 5) is 5.45. The molecule has 2 unspecified atom stereocenters. The maximum atomic E-state index is 12.6. The lowest BCUT2D eigenvalue weighted by molar-refractivity contribution is 0.133. The van der Waals surface area contributed by atoms with Crippen molar-refractivity contribution in [3.8, 4) is 0 Å². The van der Waals surface area contributed by atoms with Crippen molar-refractivity contribution < 1.29 is 13.5 Å². The van der Waals surface area contributed by atoms with Gasteiger partial charge in [0.25, 0.3) is 0 Å². The predicted molar refractivity (Wildman–Crippen MR) is 103 cm³/mol. The number of sulfonamides is 1. The fourth-order valence-corrected chi connectivity index (χ4v) is 6.59. The molecule has 0 radical (unpaired) electrons. The van der Waals surface area contributed by atoms with Crippen molar-refractivity contribution in [1.82, 2.24) is 4.98 Å². The molecule has 2 aromatic rings. The van der Waals surface area contributed by atoms with E-state index in [0.29, 0.717) is 18.5 Å². The normalized spacial score (nSPS) is 21.2. The zero-order valence-corrected chi connectivity index (χ0v) is 16.7. The molecule has 0 saturated heterocycles. The quantitative estimate of drug-likeness (QED) is 0.797. The molecular formula is C17H22N2O3S3. The first-order chi connectivity index (χ1) is 11.8. The Balaban J connectivity index is 1.74.